The Balaban J connectivity index is 0.00000243. The third kappa shape index (κ3) is 4.40. The molecular formula is C18H22ClN3O2S2. The van der Waals surface area contributed by atoms with Gasteiger partial charge in [-0.05, 0) is 49.1 Å². The van der Waals surface area contributed by atoms with Crippen LogP contribution in [0.25, 0.3) is 0 Å². The molecule has 26 heavy (non-hydrogen) atoms. The van der Waals surface area contributed by atoms with Crippen molar-refractivity contribution in [2.75, 3.05) is 24.7 Å². The fourth-order valence-electron chi connectivity index (χ4n) is 2.92. The van der Waals surface area contributed by atoms with E-state index in [1.54, 1.807) is 23.9 Å². The highest BCUT2D eigenvalue weighted by Gasteiger charge is 2.26. The van der Waals surface area contributed by atoms with Crippen molar-refractivity contribution in [2.45, 2.75) is 24.8 Å². The number of thiophene rings is 1. The number of nitrogens with one attached hydrogen (secondary N) is 1. The molecule has 0 unspecified atom stereocenters. The first-order chi connectivity index (χ1) is 12.0. The Morgan fingerprint density at radius 1 is 1.31 bits per heavy atom. The van der Waals surface area contributed by atoms with E-state index in [1.807, 2.05) is 19.2 Å². The summed E-state index contributed by atoms with van der Waals surface area (Å²) in [6.45, 7) is 3.75. The van der Waals surface area contributed by atoms with Gasteiger partial charge < -0.3 is 16.0 Å². The van der Waals surface area contributed by atoms with E-state index in [0.29, 0.717) is 16.1 Å². The number of thioether (sulfide) groups is 1. The maximum Gasteiger partial charge on any atom is 0.256 e. The summed E-state index contributed by atoms with van der Waals surface area (Å²) in [5.41, 5.74) is 7.61. The van der Waals surface area contributed by atoms with Gasteiger partial charge in [0.25, 0.3) is 11.8 Å². The lowest BCUT2D eigenvalue weighted by Gasteiger charge is -2.22. The number of fused-ring (bicyclic) bond motifs is 1. The third-order valence-electron chi connectivity index (χ3n) is 4.15. The fraction of sp³-hybridized carbons (Fsp3) is 0.333. The van der Waals surface area contributed by atoms with Crippen LogP contribution in [0, 0.1) is 0 Å². The molecule has 0 fully saturated rings. The summed E-state index contributed by atoms with van der Waals surface area (Å²) in [5, 5.41) is 3.45. The minimum Gasteiger partial charge on any atom is -0.365 e. The molecule has 1 aliphatic heterocycles. The third-order valence-corrected chi connectivity index (χ3v) is 6.18. The average molecular weight is 412 g/mol. The van der Waals surface area contributed by atoms with E-state index >= 15 is 0 Å². The predicted molar refractivity (Wildman–Crippen MR) is 111 cm³/mol. The van der Waals surface area contributed by atoms with Crippen LogP contribution in [0.2, 0.25) is 0 Å². The van der Waals surface area contributed by atoms with Gasteiger partial charge in [-0.3, -0.25) is 9.59 Å². The van der Waals surface area contributed by atoms with Crippen LogP contribution in [0.5, 0.6) is 0 Å². The number of benzene rings is 1. The van der Waals surface area contributed by atoms with Crippen molar-refractivity contribution in [3.8, 4) is 0 Å². The van der Waals surface area contributed by atoms with Gasteiger partial charge >= 0.3 is 0 Å². The number of hydrogen-bond donors (Lipinski definition) is 2. The standard InChI is InChI=1S/C18H21N3O2S2.ClH/c1-3-24-12-6-4-11(5-7-12)17(23)20-18-15(16(19)22)13-8-9-21(2)10-14(13)25-18;/h4-7H,3,8-10H2,1-2H3,(H2,19,22)(H,20,23);1H. The fourth-order valence-corrected chi connectivity index (χ4v) is 4.91. The second-order valence-corrected chi connectivity index (χ2v) is 8.41. The van der Waals surface area contributed by atoms with Gasteiger partial charge in [0.15, 0.2) is 0 Å². The molecule has 2 aromatic rings. The number of carbonyl (C=O) groups is 2. The molecule has 2 amide bonds. The Morgan fingerprint density at radius 3 is 2.62 bits per heavy atom. The van der Waals surface area contributed by atoms with Gasteiger partial charge in [0.05, 0.1) is 5.56 Å². The van der Waals surface area contributed by atoms with E-state index in [4.69, 9.17) is 5.73 Å². The monoisotopic (exact) mass is 411 g/mol. The number of nitrogens with two attached hydrogens (primary N) is 1. The minimum absolute atomic E-state index is 0. The number of halogens is 1. The molecule has 3 N–H and O–H groups in total. The number of primary amides is 1. The smallest absolute Gasteiger partial charge is 0.256 e. The van der Waals surface area contributed by atoms with Gasteiger partial charge in [-0.1, -0.05) is 6.92 Å². The Morgan fingerprint density at radius 2 is 2.00 bits per heavy atom. The van der Waals surface area contributed by atoms with Gasteiger partial charge in [-0.15, -0.1) is 35.5 Å². The molecule has 2 heterocycles. The summed E-state index contributed by atoms with van der Waals surface area (Å²) in [6, 6.07) is 7.48. The molecule has 0 radical (unpaired) electrons. The number of likely N-dealkylation sites (N-methyl/N-ethyl adjacent to an activating group) is 1. The zero-order valence-corrected chi connectivity index (χ0v) is 17.2. The Labute approximate surface area is 167 Å². The molecule has 8 heteroatoms. The van der Waals surface area contributed by atoms with Gasteiger partial charge in [0.1, 0.15) is 5.00 Å². The average Bonchev–Trinajstić information content (AvgIpc) is 2.92. The Bertz CT molecular complexity index is 806. The van der Waals surface area contributed by atoms with Crippen LogP contribution in [-0.4, -0.2) is 36.1 Å². The molecule has 140 valence electrons. The number of anilines is 1. The van der Waals surface area contributed by atoms with Gasteiger partial charge in [0.2, 0.25) is 0 Å². The molecule has 1 aliphatic rings. The van der Waals surface area contributed by atoms with Crippen LogP contribution < -0.4 is 11.1 Å². The summed E-state index contributed by atoms with van der Waals surface area (Å²) in [6.07, 6.45) is 0.777. The first-order valence-electron chi connectivity index (χ1n) is 8.16. The summed E-state index contributed by atoms with van der Waals surface area (Å²) in [4.78, 5) is 28.9. The zero-order chi connectivity index (χ0) is 18.0. The molecule has 1 aromatic heterocycles. The second-order valence-electron chi connectivity index (χ2n) is 5.97. The van der Waals surface area contributed by atoms with Crippen molar-refractivity contribution in [2.24, 2.45) is 5.73 Å². The molecule has 0 atom stereocenters. The molecule has 0 bridgehead atoms. The van der Waals surface area contributed by atoms with Crippen molar-refractivity contribution in [1.29, 1.82) is 0 Å². The molecule has 0 saturated carbocycles. The normalized spacial score (nSPS) is 13.6. The lowest BCUT2D eigenvalue weighted by molar-refractivity contribution is 0.1000. The van der Waals surface area contributed by atoms with Gasteiger partial charge in [-0.2, -0.15) is 0 Å². The van der Waals surface area contributed by atoms with Gasteiger partial charge in [0, 0.05) is 28.4 Å². The van der Waals surface area contributed by atoms with Crippen LogP contribution in [0.3, 0.4) is 0 Å². The number of amides is 2. The Hall–Kier alpha value is -1.54. The first-order valence-corrected chi connectivity index (χ1v) is 9.97. The van der Waals surface area contributed by atoms with E-state index in [9.17, 15) is 9.59 Å². The van der Waals surface area contributed by atoms with E-state index in [0.717, 1.165) is 40.6 Å². The number of rotatable bonds is 5. The lowest BCUT2D eigenvalue weighted by Crippen LogP contribution is -2.27. The second kappa shape index (κ2) is 8.90. The predicted octanol–water partition coefficient (Wildman–Crippen LogP) is 3.62. The Kier molecular flexibility index (Phi) is 7.11. The van der Waals surface area contributed by atoms with Crippen LogP contribution in [0.15, 0.2) is 29.2 Å². The summed E-state index contributed by atoms with van der Waals surface area (Å²) >= 11 is 3.18. The van der Waals surface area contributed by atoms with Crippen LogP contribution in [0.1, 0.15) is 38.1 Å². The number of hydrogen-bond acceptors (Lipinski definition) is 5. The zero-order valence-electron chi connectivity index (χ0n) is 14.7. The van der Waals surface area contributed by atoms with Crippen molar-refractivity contribution in [3.63, 3.8) is 0 Å². The topological polar surface area (TPSA) is 75.4 Å². The van der Waals surface area contributed by atoms with Crippen molar-refractivity contribution in [3.05, 3.63) is 45.8 Å². The highest BCUT2D eigenvalue weighted by atomic mass is 35.5. The minimum atomic E-state index is -0.480. The van der Waals surface area contributed by atoms with Crippen molar-refractivity contribution in [1.82, 2.24) is 4.90 Å². The number of nitrogens with zero attached hydrogens (tertiary/aromatic N) is 1. The molecule has 0 aliphatic carbocycles. The lowest BCUT2D eigenvalue weighted by atomic mass is 10.0. The van der Waals surface area contributed by atoms with E-state index in [2.05, 4.69) is 17.1 Å². The molecule has 5 nitrogen and oxygen atoms in total. The quantitative estimate of drug-likeness (QED) is 0.737. The van der Waals surface area contributed by atoms with Crippen LogP contribution in [-0.2, 0) is 13.0 Å². The van der Waals surface area contributed by atoms with E-state index in [-0.39, 0.29) is 18.3 Å². The summed E-state index contributed by atoms with van der Waals surface area (Å²) < 4.78 is 0. The summed E-state index contributed by atoms with van der Waals surface area (Å²) in [5.74, 6) is 0.289. The van der Waals surface area contributed by atoms with E-state index in [1.165, 1.54) is 11.3 Å². The molecule has 3 rings (SSSR count). The van der Waals surface area contributed by atoms with Crippen molar-refractivity contribution < 1.29 is 9.59 Å². The van der Waals surface area contributed by atoms with Crippen LogP contribution in [0.4, 0.5) is 5.00 Å². The maximum atomic E-state index is 12.6. The molecule has 0 saturated heterocycles. The first kappa shape index (κ1) is 20.8. The molecule has 1 aromatic carbocycles. The largest absolute Gasteiger partial charge is 0.365 e. The van der Waals surface area contributed by atoms with Gasteiger partial charge in [-0.25, -0.2) is 0 Å². The van der Waals surface area contributed by atoms with Crippen LogP contribution >= 0.6 is 35.5 Å². The number of carbonyl (C=O) groups excluding carboxylic acids is 2. The highest BCUT2D eigenvalue weighted by molar-refractivity contribution is 7.99. The highest BCUT2D eigenvalue weighted by Crippen LogP contribution is 2.36. The van der Waals surface area contributed by atoms with E-state index < -0.39 is 5.91 Å². The van der Waals surface area contributed by atoms with Crippen molar-refractivity contribution >= 4 is 52.3 Å². The maximum absolute atomic E-state index is 12.6. The summed E-state index contributed by atoms with van der Waals surface area (Å²) in [7, 11) is 2.04. The SMILES string of the molecule is CCSc1ccc(C(=O)Nc2sc3c(c2C(N)=O)CCN(C)C3)cc1.Cl. The molecular weight excluding hydrogens is 390 g/mol. The molecule has 0 spiro atoms.